The normalized spacial score (nSPS) is 17.0. The Morgan fingerprint density at radius 1 is 1.00 bits per heavy atom. The number of rotatable bonds is 9. The largest absolute Gasteiger partial charge is 0.507 e. The van der Waals surface area contributed by atoms with Gasteiger partial charge in [0.15, 0.2) is 0 Å². The molecule has 0 spiro atoms. The SMILES string of the molecule is CCOc1ccc(/C(O)=C2/C(=O)C(=O)N(Cc3cccc(OC)c3)C2c2cccs2)c(OCC)c1. The molecule has 1 saturated heterocycles. The Labute approximate surface area is 208 Å². The lowest BCUT2D eigenvalue weighted by atomic mass is 9.99. The van der Waals surface area contributed by atoms with E-state index in [-0.39, 0.29) is 17.9 Å². The molecule has 3 aromatic rings. The number of hydrogen-bond donors (Lipinski definition) is 1. The van der Waals surface area contributed by atoms with E-state index >= 15 is 0 Å². The second-order valence-corrected chi connectivity index (χ2v) is 8.80. The zero-order valence-corrected chi connectivity index (χ0v) is 20.6. The number of nitrogens with zero attached hydrogens (tertiary/aromatic N) is 1. The summed E-state index contributed by atoms with van der Waals surface area (Å²) in [6, 6.07) is 15.3. The summed E-state index contributed by atoms with van der Waals surface area (Å²) in [6.45, 7) is 4.72. The molecule has 2 heterocycles. The van der Waals surface area contributed by atoms with Gasteiger partial charge in [0.05, 0.1) is 37.5 Å². The van der Waals surface area contributed by atoms with Gasteiger partial charge in [0, 0.05) is 17.5 Å². The number of thiophene rings is 1. The van der Waals surface area contributed by atoms with E-state index in [0.29, 0.717) is 36.0 Å². The number of likely N-dealkylation sites (tertiary alicyclic amines) is 1. The molecule has 1 atom stereocenters. The van der Waals surface area contributed by atoms with Crippen molar-refractivity contribution in [3.05, 3.63) is 81.6 Å². The molecule has 4 rings (SSSR count). The van der Waals surface area contributed by atoms with E-state index in [9.17, 15) is 14.7 Å². The average molecular weight is 494 g/mol. The topological polar surface area (TPSA) is 85.3 Å². The monoisotopic (exact) mass is 493 g/mol. The number of carbonyl (C=O) groups is 2. The van der Waals surface area contributed by atoms with Gasteiger partial charge in [-0.2, -0.15) is 0 Å². The minimum Gasteiger partial charge on any atom is -0.507 e. The van der Waals surface area contributed by atoms with Crippen LogP contribution in [-0.2, 0) is 16.1 Å². The highest BCUT2D eigenvalue weighted by Gasteiger charge is 2.46. The summed E-state index contributed by atoms with van der Waals surface area (Å²) in [5.41, 5.74) is 1.17. The van der Waals surface area contributed by atoms with Crippen molar-refractivity contribution in [3.8, 4) is 17.2 Å². The van der Waals surface area contributed by atoms with Crippen LogP contribution in [0.5, 0.6) is 17.2 Å². The van der Waals surface area contributed by atoms with Gasteiger partial charge in [-0.1, -0.05) is 18.2 Å². The minimum absolute atomic E-state index is 0.0328. The second kappa shape index (κ2) is 10.7. The molecule has 35 heavy (non-hydrogen) atoms. The van der Waals surface area contributed by atoms with Crippen molar-refractivity contribution < 1.29 is 28.9 Å². The van der Waals surface area contributed by atoms with Crippen molar-refractivity contribution >= 4 is 28.8 Å². The predicted octanol–water partition coefficient (Wildman–Crippen LogP) is 5.18. The van der Waals surface area contributed by atoms with Crippen LogP contribution in [0.1, 0.15) is 35.9 Å². The van der Waals surface area contributed by atoms with Crippen LogP contribution in [0.15, 0.2) is 65.6 Å². The quantitative estimate of drug-likeness (QED) is 0.251. The fraction of sp³-hybridized carbons (Fsp3) is 0.259. The summed E-state index contributed by atoms with van der Waals surface area (Å²) in [6.07, 6.45) is 0. The number of ketones is 1. The van der Waals surface area contributed by atoms with E-state index in [0.717, 1.165) is 10.4 Å². The van der Waals surface area contributed by atoms with Gasteiger partial charge >= 0.3 is 0 Å². The first kappa shape index (κ1) is 24.3. The van der Waals surface area contributed by atoms with E-state index in [2.05, 4.69) is 0 Å². The summed E-state index contributed by atoms with van der Waals surface area (Å²) in [5, 5.41) is 13.3. The van der Waals surface area contributed by atoms with Crippen LogP contribution in [0.3, 0.4) is 0 Å². The van der Waals surface area contributed by atoms with Gasteiger partial charge in [-0.25, -0.2) is 0 Å². The van der Waals surface area contributed by atoms with Crippen molar-refractivity contribution in [2.45, 2.75) is 26.4 Å². The van der Waals surface area contributed by atoms with Crippen LogP contribution in [-0.4, -0.2) is 42.0 Å². The second-order valence-electron chi connectivity index (χ2n) is 7.82. The van der Waals surface area contributed by atoms with Gasteiger partial charge in [-0.15, -0.1) is 11.3 Å². The Balaban J connectivity index is 1.82. The molecule has 1 unspecified atom stereocenters. The lowest BCUT2D eigenvalue weighted by Gasteiger charge is -2.24. The van der Waals surface area contributed by atoms with E-state index in [1.54, 1.807) is 25.3 Å². The van der Waals surface area contributed by atoms with Crippen molar-refractivity contribution in [3.63, 3.8) is 0 Å². The van der Waals surface area contributed by atoms with E-state index in [1.165, 1.54) is 16.2 Å². The molecular weight excluding hydrogens is 466 g/mol. The summed E-state index contributed by atoms with van der Waals surface area (Å²) in [5.74, 6) is -0.0682. The van der Waals surface area contributed by atoms with Crippen LogP contribution >= 0.6 is 11.3 Å². The molecule has 0 aliphatic carbocycles. The van der Waals surface area contributed by atoms with Gasteiger partial charge < -0.3 is 24.2 Å². The molecule has 8 heteroatoms. The Morgan fingerprint density at radius 2 is 1.80 bits per heavy atom. The number of methoxy groups -OCH3 is 1. The van der Waals surface area contributed by atoms with Crippen molar-refractivity contribution in [2.75, 3.05) is 20.3 Å². The van der Waals surface area contributed by atoms with Gasteiger partial charge in [0.25, 0.3) is 11.7 Å². The molecule has 1 aliphatic rings. The maximum Gasteiger partial charge on any atom is 0.295 e. The Morgan fingerprint density at radius 3 is 2.49 bits per heavy atom. The third kappa shape index (κ3) is 4.88. The fourth-order valence-electron chi connectivity index (χ4n) is 4.13. The number of benzene rings is 2. The third-order valence-corrected chi connectivity index (χ3v) is 6.58. The zero-order valence-electron chi connectivity index (χ0n) is 19.8. The zero-order chi connectivity index (χ0) is 24.9. The van der Waals surface area contributed by atoms with E-state index in [1.807, 2.05) is 55.6 Å². The van der Waals surface area contributed by atoms with Crippen LogP contribution in [0.2, 0.25) is 0 Å². The molecular formula is C27H27NO6S. The molecule has 0 saturated carbocycles. The number of aliphatic hydroxyl groups is 1. The highest BCUT2D eigenvalue weighted by molar-refractivity contribution is 7.10. The van der Waals surface area contributed by atoms with Crippen LogP contribution in [0.4, 0.5) is 0 Å². The summed E-state index contributed by atoms with van der Waals surface area (Å²) in [4.78, 5) is 28.8. The number of carbonyl (C=O) groups excluding carboxylic acids is 2. The van der Waals surface area contributed by atoms with Crippen molar-refractivity contribution in [1.82, 2.24) is 4.90 Å². The minimum atomic E-state index is -0.736. The maximum atomic E-state index is 13.3. The van der Waals surface area contributed by atoms with Crippen molar-refractivity contribution in [2.24, 2.45) is 0 Å². The molecule has 0 radical (unpaired) electrons. The summed E-state index contributed by atoms with van der Waals surface area (Å²) in [7, 11) is 1.57. The van der Waals surface area contributed by atoms with Gasteiger partial charge in [0.1, 0.15) is 23.0 Å². The van der Waals surface area contributed by atoms with Crippen LogP contribution < -0.4 is 14.2 Å². The first-order valence-corrected chi connectivity index (χ1v) is 12.2. The summed E-state index contributed by atoms with van der Waals surface area (Å²) < 4.78 is 16.6. The predicted molar refractivity (Wildman–Crippen MR) is 134 cm³/mol. The number of amides is 1. The Hall–Kier alpha value is -3.78. The first-order chi connectivity index (χ1) is 17.0. The molecule has 1 N–H and O–H groups in total. The highest BCUT2D eigenvalue weighted by atomic mass is 32.1. The van der Waals surface area contributed by atoms with Gasteiger partial charge in [-0.05, 0) is 55.1 Å². The maximum absolute atomic E-state index is 13.3. The molecule has 7 nitrogen and oxygen atoms in total. The molecule has 1 amide bonds. The standard InChI is InChI=1S/C27H27NO6S/c1-4-33-19-11-12-20(21(15-19)34-5-2)25(29)23-24(22-10-7-13-35-22)28(27(31)26(23)30)16-17-8-6-9-18(14-17)32-3/h6-15,24,29H,4-5,16H2,1-3H3/b25-23-. The highest BCUT2D eigenvalue weighted by Crippen LogP contribution is 2.43. The molecule has 2 aromatic carbocycles. The number of hydrogen-bond acceptors (Lipinski definition) is 7. The number of aliphatic hydroxyl groups excluding tert-OH is 1. The Kier molecular flexibility index (Phi) is 7.41. The fourth-order valence-corrected chi connectivity index (χ4v) is 4.97. The molecule has 1 aromatic heterocycles. The summed E-state index contributed by atoms with van der Waals surface area (Å²) >= 11 is 1.42. The molecule has 1 aliphatic heterocycles. The molecule has 182 valence electrons. The van der Waals surface area contributed by atoms with E-state index < -0.39 is 17.7 Å². The number of ether oxygens (including phenoxy) is 3. The Bertz CT molecular complexity index is 1250. The van der Waals surface area contributed by atoms with Gasteiger partial charge in [0.2, 0.25) is 0 Å². The van der Waals surface area contributed by atoms with Gasteiger partial charge in [-0.3, -0.25) is 9.59 Å². The number of Topliss-reactive ketones (excluding diaryl/α,β-unsaturated/α-hetero) is 1. The van der Waals surface area contributed by atoms with Crippen molar-refractivity contribution in [1.29, 1.82) is 0 Å². The third-order valence-electron chi connectivity index (χ3n) is 5.66. The van der Waals surface area contributed by atoms with Crippen LogP contribution in [0, 0.1) is 0 Å². The lowest BCUT2D eigenvalue weighted by molar-refractivity contribution is -0.140. The van der Waals surface area contributed by atoms with Crippen LogP contribution in [0.25, 0.3) is 5.76 Å². The average Bonchev–Trinajstić information content (AvgIpc) is 3.47. The molecule has 1 fully saturated rings. The first-order valence-electron chi connectivity index (χ1n) is 11.3. The molecule has 0 bridgehead atoms. The smallest absolute Gasteiger partial charge is 0.295 e. The van der Waals surface area contributed by atoms with E-state index in [4.69, 9.17) is 14.2 Å². The lowest BCUT2D eigenvalue weighted by Crippen LogP contribution is -2.28.